The molecule has 0 aliphatic carbocycles. The van der Waals surface area contributed by atoms with E-state index in [1.807, 2.05) is 0 Å². The Morgan fingerprint density at radius 3 is 2.30 bits per heavy atom. The highest BCUT2D eigenvalue weighted by molar-refractivity contribution is 5.97. The van der Waals surface area contributed by atoms with Crippen molar-refractivity contribution in [1.82, 2.24) is 10.6 Å². The fourth-order valence-electron chi connectivity index (χ4n) is 1.70. The van der Waals surface area contributed by atoms with Gasteiger partial charge in [-0.3, -0.25) is 10.1 Å². The molecule has 1 aromatic carbocycles. The van der Waals surface area contributed by atoms with Gasteiger partial charge in [-0.25, -0.2) is 9.59 Å². The van der Waals surface area contributed by atoms with Crippen molar-refractivity contribution in [1.29, 1.82) is 0 Å². The van der Waals surface area contributed by atoms with Gasteiger partial charge >= 0.3 is 18.2 Å². The molecule has 1 aromatic rings. The first-order valence-corrected chi connectivity index (χ1v) is 8.11. The second kappa shape index (κ2) is 10.4. The second-order valence-corrected chi connectivity index (χ2v) is 5.98. The third kappa shape index (κ3) is 10.1. The number of amides is 3. The van der Waals surface area contributed by atoms with Crippen LogP contribution in [0.3, 0.4) is 0 Å². The summed E-state index contributed by atoms with van der Waals surface area (Å²) in [4.78, 5) is 34.3. The number of hydrogen-bond acceptors (Lipinski definition) is 5. The third-order valence-corrected chi connectivity index (χ3v) is 3.09. The third-order valence-electron chi connectivity index (χ3n) is 3.09. The topological polar surface area (TPSA) is 93.7 Å². The molecular weight excluding hydrogens is 369 g/mol. The lowest BCUT2D eigenvalue weighted by atomic mass is 10.1. The molecule has 0 fully saturated rings. The van der Waals surface area contributed by atoms with Gasteiger partial charge in [0, 0.05) is 0 Å². The number of alkyl halides is 3. The maximum Gasteiger partial charge on any atom is 0.405 e. The normalized spacial score (nSPS) is 11.0. The average molecular weight is 390 g/mol. The molecule has 0 spiro atoms. The summed E-state index contributed by atoms with van der Waals surface area (Å²) in [7, 11) is 0. The van der Waals surface area contributed by atoms with Gasteiger partial charge in [-0.05, 0) is 36.6 Å². The van der Waals surface area contributed by atoms with E-state index < -0.39 is 37.2 Å². The number of rotatable bonds is 8. The number of esters is 1. The van der Waals surface area contributed by atoms with Gasteiger partial charge in [-0.1, -0.05) is 13.8 Å². The van der Waals surface area contributed by atoms with Crippen LogP contribution in [0.1, 0.15) is 30.6 Å². The van der Waals surface area contributed by atoms with E-state index in [2.05, 4.69) is 13.8 Å². The van der Waals surface area contributed by atoms with Crippen LogP contribution in [-0.4, -0.2) is 43.8 Å². The number of halogens is 3. The molecule has 1 rings (SSSR count). The molecule has 150 valence electrons. The van der Waals surface area contributed by atoms with Crippen molar-refractivity contribution in [3.8, 4) is 5.75 Å². The average Bonchev–Trinajstić information content (AvgIpc) is 2.57. The maximum absolute atomic E-state index is 11.9. The Bertz CT molecular complexity index is 645. The summed E-state index contributed by atoms with van der Waals surface area (Å²) in [5, 5.41) is 3.07. The maximum atomic E-state index is 11.9. The number of ether oxygens (including phenoxy) is 2. The lowest BCUT2D eigenvalue weighted by molar-refractivity contribution is -0.125. The highest BCUT2D eigenvalue weighted by Crippen LogP contribution is 2.14. The van der Waals surface area contributed by atoms with Crippen LogP contribution in [-0.2, 0) is 9.53 Å². The van der Waals surface area contributed by atoms with Crippen molar-refractivity contribution in [2.45, 2.75) is 26.4 Å². The van der Waals surface area contributed by atoms with Crippen molar-refractivity contribution in [3.63, 3.8) is 0 Å². The molecule has 7 nitrogen and oxygen atoms in total. The van der Waals surface area contributed by atoms with Crippen molar-refractivity contribution >= 4 is 17.9 Å². The first-order valence-electron chi connectivity index (χ1n) is 8.11. The minimum atomic E-state index is -4.60. The molecule has 0 aliphatic rings. The molecule has 3 amide bonds. The molecular formula is C17H21F3N2O5. The number of carbonyl (C=O) groups is 3. The first-order chi connectivity index (χ1) is 12.6. The highest BCUT2D eigenvalue weighted by Gasteiger charge is 2.28. The van der Waals surface area contributed by atoms with E-state index in [4.69, 9.17) is 9.47 Å². The van der Waals surface area contributed by atoms with Crippen molar-refractivity contribution in [3.05, 3.63) is 29.8 Å². The summed E-state index contributed by atoms with van der Waals surface area (Å²) in [5.74, 6) is -0.807. The quantitative estimate of drug-likeness (QED) is 0.666. The lowest BCUT2D eigenvalue weighted by Gasteiger charge is -2.10. The largest absolute Gasteiger partial charge is 0.494 e. The van der Waals surface area contributed by atoms with Gasteiger partial charge in [0.15, 0.2) is 6.61 Å². The predicted octanol–water partition coefficient (Wildman–Crippen LogP) is 2.66. The summed E-state index contributed by atoms with van der Waals surface area (Å²) in [6, 6.07) is 4.70. The monoisotopic (exact) mass is 390 g/mol. The molecule has 0 heterocycles. The zero-order valence-corrected chi connectivity index (χ0v) is 14.9. The Morgan fingerprint density at radius 1 is 1.11 bits per heavy atom. The Morgan fingerprint density at radius 2 is 1.74 bits per heavy atom. The molecule has 0 bridgehead atoms. The molecule has 2 N–H and O–H groups in total. The van der Waals surface area contributed by atoms with Crippen LogP contribution in [0.25, 0.3) is 0 Å². The van der Waals surface area contributed by atoms with Crippen LogP contribution >= 0.6 is 0 Å². The number of carbonyl (C=O) groups excluding carboxylic acids is 3. The summed E-state index contributed by atoms with van der Waals surface area (Å²) in [5.41, 5.74) is 0.153. The minimum Gasteiger partial charge on any atom is -0.494 e. The smallest absolute Gasteiger partial charge is 0.405 e. The molecule has 0 unspecified atom stereocenters. The highest BCUT2D eigenvalue weighted by atomic mass is 19.4. The second-order valence-electron chi connectivity index (χ2n) is 5.98. The van der Waals surface area contributed by atoms with E-state index in [-0.39, 0.29) is 5.56 Å². The molecule has 0 atom stereocenters. The first kappa shape index (κ1) is 22.3. The van der Waals surface area contributed by atoms with Crippen LogP contribution in [0.15, 0.2) is 24.3 Å². The molecule has 0 radical (unpaired) electrons. The lowest BCUT2D eigenvalue weighted by Crippen LogP contribution is -2.44. The van der Waals surface area contributed by atoms with Crippen LogP contribution in [0.2, 0.25) is 0 Å². The van der Waals surface area contributed by atoms with E-state index in [0.29, 0.717) is 18.3 Å². The fourth-order valence-corrected chi connectivity index (χ4v) is 1.70. The SMILES string of the molecule is CC(C)CCOc1ccc(C(=O)OCC(=O)NC(=O)NCC(F)(F)F)cc1. The fraction of sp³-hybridized carbons (Fsp3) is 0.471. The summed E-state index contributed by atoms with van der Waals surface area (Å²) in [6.07, 6.45) is -3.72. The number of hydrogen-bond donors (Lipinski definition) is 2. The Labute approximate surface area is 154 Å². The van der Waals surface area contributed by atoms with Gasteiger partial charge in [0.1, 0.15) is 12.3 Å². The standard InChI is InChI=1S/C17H21F3N2O5/c1-11(2)7-8-26-13-5-3-12(4-6-13)15(24)27-9-14(23)22-16(25)21-10-17(18,19)20/h3-6,11H,7-10H2,1-2H3,(H2,21,22,23,25). The van der Waals surface area contributed by atoms with E-state index in [1.165, 1.54) is 17.4 Å². The number of benzene rings is 1. The summed E-state index contributed by atoms with van der Waals surface area (Å²) < 4.78 is 46.0. The van der Waals surface area contributed by atoms with Crippen molar-refractivity contribution < 1.29 is 37.0 Å². The van der Waals surface area contributed by atoms with Gasteiger partial charge in [0.05, 0.1) is 12.2 Å². The number of imide groups is 1. The van der Waals surface area contributed by atoms with Gasteiger partial charge < -0.3 is 14.8 Å². The Balaban J connectivity index is 2.36. The van der Waals surface area contributed by atoms with E-state index in [0.717, 1.165) is 6.42 Å². The van der Waals surface area contributed by atoms with Crippen LogP contribution in [0.5, 0.6) is 5.75 Å². The minimum absolute atomic E-state index is 0.153. The van der Waals surface area contributed by atoms with Crippen LogP contribution in [0, 0.1) is 5.92 Å². The zero-order valence-electron chi connectivity index (χ0n) is 14.9. The summed E-state index contributed by atoms with van der Waals surface area (Å²) in [6.45, 7) is 2.28. The predicted molar refractivity (Wildman–Crippen MR) is 89.3 cm³/mol. The summed E-state index contributed by atoms with van der Waals surface area (Å²) >= 11 is 0. The van der Waals surface area contributed by atoms with E-state index >= 15 is 0 Å². The molecule has 0 aliphatic heterocycles. The van der Waals surface area contributed by atoms with Crippen LogP contribution < -0.4 is 15.4 Å². The number of nitrogens with one attached hydrogen (secondary N) is 2. The van der Waals surface area contributed by atoms with Gasteiger partial charge in [0.2, 0.25) is 0 Å². The molecule has 27 heavy (non-hydrogen) atoms. The molecule has 0 saturated heterocycles. The number of urea groups is 1. The van der Waals surface area contributed by atoms with Gasteiger partial charge in [0.25, 0.3) is 5.91 Å². The van der Waals surface area contributed by atoms with Crippen molar-refractivity contribution in [2.24, 2.45) is 5.92 Å². The van der Waals surface area contributed by atoms with Gasteiger partial charge in [-0.2, -0.15) is 13.2 Å². The Hall–Kier alpha value is -2.78. The van der Waals surface area contributed by atoms with E-state index in [1.54, 1.807) is 17.4 Å². The molecule has 0 aromatic heterocycles. The Kier molecular flexibility index (Phi) is 8.57. The van der Waals surface area contributed by atoms with Crippen molar-refractivity contribution in [2.75, 3.05) is 19.8 Å². The van der Waals surface area contributed by atoms with Gasteiger partial charge in [-0.15, -0.1) is 0 Å². The van der Waals surface area contributed by atoms with E-state index in [9.17, 15) is 27.6 Å². The van der Waals surface area contributed by atoms with Crippen LogP contribution in [0.4, 0.5) is 18.0 Å². The zero-order chi connectivity index (χ0) is 20.4. The molecule has 0 saturated carbocycles. The molecule has 10 heteroatoms.